The molecule has 0 bridgehead atoms. The van der Waals surface area contributed by atoms with E-state index >= 15 is 0 Å². The third-order valence-corrected chi connectivity index (χ3v) is 2.94. The Bertz CT molecular complexity index is 255. The molecular weight excluding hydrogens is 196 g/mol. The first-order chi connectivity index (χ1) is 7.04. The Morgan fingerprint density at radius 2 is 2.13 bits per heavy atom. The molecular formula is C10H18N2O3. The van der Waals surface area contributed by atoms with Crippen molar-refractivity contribution in [3.63, 3.8) is 0 Å². The van der Waals surface area contributed by atoms with E-state index < -0.39 is 5.97 Å². The number of amides is 1. The van der Waals surface area contributed by atoms with Crippen LogP contribution in [0.4, 0.5) is 0 Å². The van der Waals surface area contributed by atoms with E-state index in [2.05, 4.69) is 5.32 Å². The van der Waals surface area contributed by atoms with Gasteiger partial charge in [0.05, 0.1) is 5.92 Å². The van der Waals surface area contributed by atoms with Gasteiger partial charge < -0.3 is 15.3 Å². The molecule has 0 aromatic carbocycles. The number of nitrogens with one attached hydrogen (secondary N) is 1. The molecule has 2 atom stereocenters. The third-order valence-electron chi connectivity index (χ3n) is 2.94. The number of hydrogen-bond donors (Lipinski definition) is 2. The number of carboxylic acids is 1. The maximum atomic E-state index is 11.0. The Labute approximate surface area is 89.4 Å². The van der Waals surface area contributed by atoms with Crippen molar-refractivity contribution in [2.45, 2.75) is 13.3 Å². The summed E-state index contributed by atoms with van der Waals surface area (Å²) in [6, 6.07) is 0. The van der Waals surface area contributed by atoms with Crippen LogP contribution in [0, 0.1) is 11.8 Å². The molecule has 1 amide bonds. The Kier molecular flexibility index (Phi) is 4.08. The molecule has 2 N–H and O–H groups in total. The second-order valence-electron chi connectivity index (χ2n) is 4.10. The van der Waals surface area contributed by atoms with Crippen LogP contribution in [-0.2, 0) is 9.59 Å². The predicted octanol–water partition coefficient (Wildman–Crippen LogP) is -0.225. The van der Waals surface area contributed by atoms with Gasteiger partial charge >= 0.3 is 5.97 Å². The summed E-state index contributed by atoms with van der Waals surface area (Å²) in [7, 11) is 1.61. The SMILES string of the molecule is CNC(=O)CCN1CC(C)C(C(=O)O)C1. The van der Waals surface area contributed by atoms with Crippen LogP contribution < -0.4 is 5.32 Å². The van der Waals surface area contributed by atoms with Gasteiger partial charge in [0.25, 0.3) is 0 Å². The average molecular weight is 214 g/mol. The Morgan fingerprint density at radius 3 is 2.60 bits per heavy atom. The van der Waals surface area contributed by atoms with Crippen molar-refractivity contribution in [3.8, 4) is 0 Å². The fourth-order valence-corrected chi connectivity index (χ4v) is 1.96. The Morgan fingerprint density at radius 1 is 1.47 bits per heavy atom. The number of nitrogens with zero attached hydrogens (tertiary/aromatic N) is 1. The van der Waals surface area contributed by atoms with Gasteiger partial charge in [0, 0.05) is 33.1 Å². The van der Waals surface area contributed by atoms with Crippen molar-refractivity contribution in [1.29, 1.82) is 0 Å². The molecule has 5 nitrogen and oxygen atoms in total. The lowest BCUT2D eigenvalue weighted by molar-refractivity contribution is -0.142. The van der Waals surface area contributed by atoms with Gasteiger partial charge in [0.15, 0.2) is 0 Å². The van der Waals surface area contributed by atoms with Crippen LogP contribution in [0.3, 0.4) is 0 Å². The molecule has 1 rings (SSSR count). The number of hydrogen-bond acceptors (Lipinski definition) is 3. The van der Waals surface area contributed by atoms with Crippen molar-refractivity contribution < 1.29 is 14.7 Å². The highest BCUT2D eigenvalue weighted by Gasteiger charge is 2.34. The van der Waals surface area contributed by atoms with Crippen LogP contribution in [0.5, 0.6) is 0 Å². The lowest BCUT2D eigenvalue weighted by Gasteiger charge is -2.13. The summed E-state index contributed by atoms with van der Waals surface area (Å²) >= 11 is 0. The molecule has 0 aliphatic carbocycles. The van der Waals surface area contributed by atoms with Gasteiger partial charge in [0.1, 0.15) is 0 Å². The van der Waals surface area contributed by atoms with E-state index in [0.29, 0.717) is 19.5 Å². The molecule has 1 heterocycles. The van der Waals surface area contributed by atoms with E-state index in [0.717, 1.165) is 6.54 Å². The van der Waals surface area contributed by atoms with E-state index in [-0.39, 0.29) is 17.7 Å². The standard InChI is InChI=1S/C10H18N2O3/c1-7-5-12(4-3-9(13)11-2)6-8(7)10(14)15/h7-8H,3-6H2,1-2H3,(H,11,13)(H,14,15). The number of likely N-dealkylation sites (tertiary alicyclic amines) is 1. The van der Waals surface area contributed by atoms with Gasteiger partial charge in [-0.1, -0.05) is 6.92 Å². The van der Waals surface area contributed by atoms with Crippen LogP contribution in [0.25, 0.3) is 0 Å². The molecule has 5 heteroatoms. The molecule has 2 unspecified atom stereocenters. The molecule has 1 saturated heterocycles. The lowest BCUT2D eigenvalue weighted by atomic mass is 9.99. The minimum atomic E-state index is -0.732. The fraction of sp³-hybridized carbons (Fsp3) is 0.800. The highest BCUT2D eigenvalue weighted by atomic mass is 16.4. The largest absolute Gasteiger partial charge is 0.481 e. The van der Waals surface area contributed by atoms with E-state index in [1.807, 2.05) is 11.8 Å². The summed E-state index contributed by atoms with van der Waals surface area (Å²) in [6.45, 7) is 3.92. The topological polar surface area (TPSA) is 69.6 Å². The highest BCUT2D eigenvalue weighted by Crippen LogP contribution is 2.22. The molecule has 1 aliphatic rings. The van der Waals surface area contributed by atoms with Crippen LogP contribution in [0.15, 0.2) is 0 Å². The van der Waals surface area contributed by atoms with Crippen molar-refractivity contribution >= 4 is 11.9 Å². The molecule has 0 aromatic heterocycles. The molecule has 1 aliphatic heterocycles. The number of carbonyl (C=O) groups excluding carboxylic acids is 1. The van der Waals surface area contributed by atoms with Crippen molar-refractivity contribution in [3.05, 3.63) is 0 Å². The summed E-state index contributed by atoms with van der Waals surface area (Å²) in [5.74, 6) is -0.840. The Hall–Kier alpha value is -1.10. The molecule has 0 radical (unpaired) electrons. The molecule has 0 aromatic rings. The van der Waals surface area contributed by atoms with Crippen LogP contribution in [0.1, 0.15) is 13.3 Å². The summed E-state index contributed by atoms with van der Waals surface area (Å²) in [6.07, 6.45) is 0.440. The van der Waals surface area contributed by atoms with Crippen LogP contribution in [-0.4, -0.2) is 48.6 Å². The second kappa shape index (κ2) is 5.11. The van der Waals surface area contributed by atoms with E-state index in [9.17, 15) is 9.59 Å². The number of aliphatic carboxylic acids is 1. The van der Waals surface area contributed by atoms with Crippen LogP contribution in [0.2, 0.25) is 0 Å². The number of carboxylic acid groups (broad SMARTS) is 1. The van der Waals surface area contributed by atoms with Gasteiger partial charge in [-0.05, 0) is 5.92 Å². The van der Waals surface area contributed by atoms with Crippen molar-refractivity contribution in [2.75, 3.05) is 26.7 Å². The summed E-state index contributed by atoms with van der Waals surface area (Å²) in [4.78, 5) is 23.9. The predicted molar refractivity (Wildman–Crippen MR) is 55.4 cm³/mol. The van der Waals surface area contributed by atoms with Gasteiger partial charge in [-0.2, -0.15) is 0 Å². The van der Waals surface area contributed by atoms with Gasteiger partial charge in [0.2, 0.25) is 5.91 Å². The third kappa shape index (κ3) is 3.20. The van der Waals surface area contributed by atoms with Gasteiger partial charge in [-0.15, -0.1) is 0 Å². The number of carbonyl (C=O) groups is 2. The first-order valence-electron chi connectivity index (χ1n) is 5.20. The monoisotopic (exact) mass is 214 g/mol. The first-order valence-corrected chi connectivity index (χ1v) is 5.20. The van der Waals surface area contributed by atoms with Gasteiger partial charge in [-0.25, -0.2) is 0 Å². The van der Waals surface area contributed by atoms with Crippen molar-refractivity contribution in [1.82, 2.24) is 10.2 Å². The van der Waals surface area contributed by atoms with Crippen molar-refractivity contribution in [2.24, 2.45) is 11.8 Å². The zero-order valence-electron chi connectivity index (χ0n) is 9.19. The smallest absolute Gasteiger partial charge is 0.308 e. The summed E-state index contributed by atoms with van der Waals surface area (Å²) in [5, 5.41) is 11.5. The van der Waals surface area contributed by atoms with Gasteiger partial charge in [-0.3, -0.25) is 9.59 Å². The average Bonchev–Trinajstić information content (AvgIpc) is 2.56. The van der Waals surface area contributed by atoms with Crippen LogP contribution >= 0.6 is 0 Å². The summed E-state index contributed by atoms with van der Waals surface area (Å²) in [5.41, 5.74) is 0. The summed E-state index contributed by atoms with van der Waals surface area (Å²) < 4.78 is 0. The quantitative estimate of drug-likeness (QED) is 0.678. The van der Waals surface area contributed by atoms with E-state index in [1.54, 1.807) is 7.05 Å². The molecule has 0 spiro atoms. The van der Waals surface area contributed by atoms with E-state index in [1.165, 1.54) is 0 Å². The normalized spacial score (nSPS) is 26.5. The minimum Gasteiger partial charge on any atom is -0.481 e. The fourth-order valence-electron chi connectivity index (χ4n) is 1.96. The molecule has 0 saturated carbocycles. The maximum Gasteiger partial charge on any atom is 0.308 e. The molecule has 1 fully saturated rings. The molecule has 86 valence electrons. The second-order valence-corrected chi connectivity index (χ2v) is 4.10. The van der Waals surface area contributed by atoms with E-state index in [4.69, 9.17) is 5.11 Å². The highest BCUT2D eigenvalue weighted by molar-refractivity contribution is 5.75. The molecule has 15 heavy (non-hydrogen) atoms. The Balaban J connectivity index is 2.35. The minimum absolute atomic E-state index is 0.00132. The number of rotatable bonds is 4. The first kappa shape index (κ1) is 12.0. The zero-order valence-corrected chi connectivity index (χ0v) is 9.19. The zero-order chi connectivity index (χ0) is 11.4. The lowest BCUT2D eigenvalue weighted by Crippen LogP contribution is -2.28. The maximum absolute atomic E-state index is 11.0.